The lowest BCUT2D eigenvalue weighted by Crippen LogP contribution is -2.19. The van der Waals surface area contributed by atoms with Gasteiger partial charge in [0.05, 0.1) is 7.11 Å². The standard InChI is InChI=1S/C19H14F3NO2/c1-25-12-4-5-13-14(8-12)15(9-23(19(13)24)11-2-3-11)10-6-16(20)18(22)17(21)7-10/h4-9,11H,2-3H2,1H3. The van der Waals surface area contributed by atoms with Gasteiger partial charge in [-0.1, -0.05) is 0 Å². The molecule has 1 saturated carbocycles. The Labute approximate surface area is 141 Å². The van der Waals surface area contributed by atoms with Gasteiger partial charge in [0.1, 0.15) is 5.75 Å². The molecule has 1 fully saturated rings. The van der Waals surface area contributed by atoms with Gasteiger partial charge in [0.25, 0.3) is 5.56 Å². The number of benzene rings is 2. The van der Waals surface area contributed by atoms with Gasteiger partial charge in [-0.05, 0) is 48.7 Å². The third-order valence-corrected chi connectivity index (χ3v) is 4.49. The summed E-state index contributed by atoms with van der Waals surface area (Å²) in [5, 5.41) is 0.932. The molecule has 3 aromatic rings. The molecule has 0 radical (unpaired) electrons. The van der Waals surface area contributed by atoms with Gasteiger partial charge in [-0.2, -0.15) is 0 Å². The van der Waals surface area contributed by atoms with Crippen molar-refractivity contribution in [2.45, 2.75) is 18.9 Å². The van der Waals surface area contributed by atoms with Crippen molar-refractivity contribution in [1.82, 2.24) is 4.57 Å². The first-order chi connectivity index (χ1) is 12.0. The van der Waals surface area contributed by atoms with Gasteiger partial charge < -0.3 is 9.30 Å². The normalized spacial score (nSPS) is 14.1. The van der Waals surface area contributed by atoms with Crippen LogP contribution in [0, 0.1) is 17.5 Å². The molecule has 0 unspecified atom stereocenters. The van der Waals surface area contributed by atoms with Crippen molar-refractivity contribution in [3.63, 3.8) is 0 Å². The van der Waals surface area contributed by atoms with Crippen molar-refractivity contribution in [2.75, 3.05) is 7.11 Å². The minimum Gasteiger partial charge on any atom is -0.497 e. The topological polar surface area (TPSA) is 31.2 Å². The van der Waals surface area contributed by atoms with Crippen LogP contribution in [-0.2, 0) is 0 Å². The van der Waals surface area contributed by atoms with Gasteiger partial charge in [0.2, 0.25) is 0 Å². The van der Waals surface area contributed by atoms with E-state index < -0.39 is 17.5 Å². The molecule has 0 bridgehead atoms. The minimum absolute atomic E-state index is 0.0906. The molecule has 0 atom stereocenters. The number of pyridine rings is 1. The Balaban J connectivity index is 2.07. The van der Waals surface area contributed by atoms with Gasteiger partial charge >= 0.3 is 0 Å². The number of nitrogens with zero attached hydrogens (tertiary/aromatic N) is 1. The average molecular weight is 345 g/mol. The quantitative estimate of drug-likeness (QED) is 0.658. The highest BCUT2D eigenvalue weighted by Crippen LogP contribution is 2.37. The fourth-order valence-corrected chi connectivity index (χ4v) is 3.03. The van der Waals surface area contributed by atoms with Crippen LogP contribution in [0.5, 0.6) is 5.75 Å². The van der Waals surface area contributed by atoms with Crippen LogP contribution in [0.4, 0.5) is 13.2 Å². The number of hydrogen-bond acceptors (Lipinski definition) is 2. The number of fused-ring (bicyclic) bond motifs is 1. The number of rotatable bonds is 3. The maximum atomic E-state index is 13.7. The number of aromatic nitrogens is 1. The highest BCUT2D eigenvalue weighted by molar-refractivity contribution is 5.96. The first-order valence-corrected chi connectivity index (χ1v) is 7.87. The van der Waals surface area contributed by atoms with Crippen molar-refractivity contribution in [3.05, 3.63) is 64.3 Å². The summed E-state index contributed by atoms with van der Waals surface area (Å²) in [5.41, 5.74) is 0.467. The first-order valence-electron chi connectivity index (χ1n) is 7.87. The van der Waals surface area contributed by atoms with Crippen molar-refractivity contribution in [3.8, 4) is 16.9 Å². The zero-order valence-electron chi connectivity index (χ0n) is 13.4. The van der Waals surface area contributed by atoms with Gasteiger partial charge in [0.15, 0.2) is 17.5 Å². The van der Waals surface area contributed by atoms with Gasteiger partial charge in [-0.25, -0.2) is 13.2 Å². The monoisotopic (exact) mass is 345 g/mol. The molecule has 6 heteroatoms. The van der Waals surface area contributed by atoms with E-state index in [9.17, 15) is 18.0 Å². The fourth-order valence-electron chi connectivity index (χ4n) is 3.03. The van der Waals surface area contributed by atoms with Crippen molar-refractivity contribution >= 4 is 10.8 Å². The van der Waals surface area contributed by atoms with Gasteiger partial charge in [-0.3, -0.25) is 4.79 Å². The van der Waals surface area contributed by atoms with Crippen LogP contribution in [0.1, 0.15) is 18.9 Å². The number of methoxy groups -OCH3 is 1. The second-order valence-corrected chi connectivity index (χ2v) is 6.15. The lowest BCUT2D eigenvalue weighted by molar-refractivity contribution is 0.415. The van der Waals surface area contributed by atoms with E-state index in [4.69, 9.17) is 4.74 Å². The second-order valence-electron chi connectivity index (χ2n) is 6.15. The summed E-state index contributed by atoms with van der Waals surface area (Å²) < 4.78 is 47.5. The average Bonchev–Trinajstić information content (AvgIpc) is 3.44. The van der Waals surface area contributed by atoms with Crippen LogP contribution in [0.2, 0.25) is 0 Å². The largest absolute Gasteiger partial charge is 0.497 e. The van der Waals surface area contributed by atoms with Crippen molar-refractivity contribution in [2.24, 2.45) is 0 Å². The second kappa shape index (κ2) is 5.65. The molecular formula is C19H14F3NO2. The Morgan fingerprint density at radius 3 is 2.32 bits per heavy atom. The maximum absolute atomic E-state index is 13.7. The minimum atomic E-state index is -1.51. The van der Waals surface area contributed by atoms with E-state index in [-0.39, 0.29) is 17.2 Å². The third kappa shape index (κ3) is 2.58. The molecule has 3 nitrogen and oxygen atoms in total. The van der Waals surface area contributed by atoms with E-state index in [2.05, 4.69) is 0 Å². The van der Waals surface area contributed by atoms with E-state index in [0.717, 1.165) is 25.0 Å². The van der Waals surface area contributed by atoms with E-state index >= 15 is 0 Å². The van der Waals surface area contributed by atoms with Gasteiger partial charge in [-0.15, -0.1) is 0 Å². The highest BCUT2D eigenvalue weighted by Gasteiger charge is 2.26. The molecular weight excluding hydrogens is 331 g/mol. The van der Waals surface area contributed by atoms with Crippen LogP contribution < -0.4 is 10.3 Å². The summed E-state index contributed by atoms with van der Waals surface area (Å²) in [4.78, 5) is 12.7. The summed E-state index contributed by atoms with van der Waals surface area (Å²) in [6.07, 6.45) is 3.36. The molecule has 25 heavy (non-hydrogen) atoms. The van der Waals surface area contributed by atoms with Crippen LogP contribution in [-0.4, -0.2) is 11.7 Å². The molecule has 1 aromatic heterocycles. The Kier molecular flexibility index (Phi) is 3.56. The first kappa shape index (κ1) is 15.7. The van der Waals surface area contributed by atoms with E-state index in [0.29, 0.717) is 22.1 Å². The number of ether oxygens (including phenoxy) is 1. The third-order valence-electron chi connectivity index (χ3n) is 4.49. The molecule has 128 valence electrons. The summed E-state index contributed by atoms with van der Waals surface area (Å²) in [6, 6.07) is 6.91. The summed E-state index contributed by atoms with van der Waals surface area (Å²) >= 11 is 0. The smallest absolute Gasteiger partial charge is 0.258 e. The summed E-state index contributed by atoms with van der Waals surface area (Å²) in [6.45, 7) is 0. The van der Waals surface area contributed by atoms with E-state index in [1.54, 1.807) is 29.0 Å². The molecule has 0 saturated heterocycles. The predicted molar refractivity (Wildman–Crippen MR) is 88.3 cm³/mol. The molecule has 0 N–H and O–H groups in total. The molecule has 0 spiro atoms. The molecule has 1 aliphatic rings. The van der Waals surface area contributed by atoms with Crippen LogP contribution >= 0.6 is 0 Å². The van der Waals surface area contributed by atoms with Crippen LogP contribution in [0.25, 0.3) is 21.9 Å². The van der Waals surface area contributed by atoms with Crippen LogP contribution in [0.3, 0.4) is 0 Å². The van der Waals surface area contributed by atoms with E-state index in [1.165, 1.54) is 7.11 Å². The Hall–Kier alpha value is -2.76. The molecule has 2 aromatic carbocycles. The molecule has 4 rings (SSSR count). The molecule has 0 amide bonds. The molecule has 0 aliphatic heterocycles. The Morgan fingerprint density at radius 2 is 1.72 bits per heavy atom. The predicted octanol–water partition coefficient (Wildman–Crippen LogP) is 4.43. The maximum Gasteiger partial charge on any atom is 0.258 e. The van der Waals surface area contributed by atoms with Crippen molar-refractivity contribution in [1.29, 1.82) is 0 Å². The lowest BCUT2D eigenvalue weighted by atomic mass is 9.99. The van der Waals surface area contributed by atoms with Crippen molar-refractivity contribution < 1.29 is 17.9 Å². The Bertz CT molecular complexity index is 1030. The zero-order valence-corrected chi connectivity index (χ0v) is 13.4. The highest BCUT2D eigenvalue weighted by atomic mass is 19.2. The van der Waals surface area contributed by atoms with Gasteiger partial charge in [0, 0.05) is 28.6 Å². The van der Waals surface area contributed by atoms with E-state index in [1.807, 2.05) is 0 Å². The van der Waals surface area contributed by atoms with Crippen LogP contribution in [0.15, 0.2) is 41.3 Å². The molecule has 1 aliphatic carbocycles. The fraction of sp³-hybridized carbons (Fsp3) is 0.211. The SMILES string of the molecule is COc1ccc2c(=O)n(C3CC3)cc(-c3cc(F)c(F)c(F)c3)c2c1. The lowest BCUT2D eigenvalue weighted by Gasteiger charge is -2.13. The number of hydrogen-bond donors (Lipinski definition) is 0. The molecule has 1 heterocycles. The summed E-state index contributed by atoms with van der Waals surface area (Å²) in [5.74, 6) is -3.54. The number of halogens is 3. The Morgan fingerprint density at radius 1 is 1.04 bits per heavy atom. The summed E-state index contributed by atoms with van der Waals surface area (Å²) in [7, 11) is 1.49. The zero-order chi connectivity index (χ0) is 17.7.